The summed E-state index contributed by atoms with van der Waals surface area (Å²) in [6.45, 7) is 0.416. The first-order valence-corrected chi connectivity index (χ1v) is 11.0. The van der Waals surface area contributed by atoms with Gasteiger partial charge in [0.15, 0.2) is 5.82 Å². The van der Waals surface area contributed by atoms with Crippen LogP contribution in [0.25, 0.3) is 10.7 Å². The lowest BCUT2D eigenvalue weighted by Gasteiger charge is -2.09. The molecule has 0 atom stereocenters. The van der Waals surface area contributed by atoms with E-state index in [2.05, 4.69) is 15.4 Å². The molecular weight excluding hydrogens is 416 g/mol. The number of hydrogen-bond donors (Lipinski definition) is 1. The fourth-order valence-electron chi connectivity index (χ4n) is 2.57. The number of halogens is 1. The van der Waals surface area contributed by atoms with Crippen LogP contribution in [-0.4, -0.2) is 22.6 Å². The Bertz CT molecular complexity index is 1170. The normalized spacial score (nSPS) is 11.5. The van der Waals surface area contributed by atoms with E-state index in [1.165, 1.54) is 35.6 Å². The summed E-state index contributed by atoms with van der Waals surface area (Å²) in [5.74, 6) is 0.505. The van der Waals surface area contributed by atoms with E-state index in [0.717, 1.165) is 14.5 Å². The van der Waals surface area contributed by atoms with Gasteiger partial charge in [-0.2, -0.15) is 13.4 Å². The molecule has 0 fully saturated rings. The molecule has 1 N–H and O–H groups in total. The summed E-state index contributed by atoms with van der Waals surface area (Å²) in [4.78, 5) is 5.29. The molecule has 0 spiro atoms. The zero-order chi connectivity index (χ0) is 19.6. The third-order valence-electron chi connectivity index (χ3n) is 3.95. The number of nitrogens with one attached hydrogen (secondary N) is 1. The average molecular weight is 431 g/mol. The third kappa shape index (κ3) is 3.80. The van der Waals surface area contributed by atoms with Crippen molar-refractivity contribution in [3.8, 4) is 10.7 Å². The molecular formula is C19H15ClN4O2S2. The van der Waals surface area contributed by atoms with Crippen molar-refractivity contribution in [2.24, 2.45) is 0 Å². The Kier molecular flexibility index (Phi) is 5.17. The molecule has 0 aliphatic carbocycles. The highest BCUT2D eigenvalue weighted by Crippen LogP contribution is 2.26. The largest absolute Gasteiger partial charge is 0.349 e. The van der Waals surface area contributed by atoms with Gasteiger partial charge >= 0.3 is 0 Å². The number of aromatic nitrogens is 3. The van der Waals surface area contributed by atoms with Gasteiger partial charge in [0.2, 0.25) is 5.95 Å². The van der Waals surface area contributed by atoms with Gasteiger partial charge in [0.25, 0.3) is 10.0 Å². The van der Waals surface area contributed by atoms with E-state index >= 15 is 0 Å². The molecule has 0 saturated carbocycles. The minimum Gasteiger partial charge on any atom is -0.349 e. The van der Waals surface area contributed by atoms with Crippen molar-refractivity contribution in [2.75, 3.05) is 5.32 Å². The van der Waals surface area contributed by atoms with Crippen LogP contribution in [0.1, 0.15) is 5.56 Å². The molecule has 0 radical (unpaired) electrons. The van der Waals surface area contributed by atoms with Crippen molar-refractivity contribution < 1.29 is 8.42 Å². The van der Waals surface area contributed by atoms with E-state index in [4.69, 9.17) is 11.6 Å². The lowest BCUT2D eigenvalue weighted by Crippen LogP contribution is -2.18. The smallest absolute Gasteiger partial charge is 0.286 e. The zero-order valence-electron chi connectivity index (χ0n) is 14.5. The summed E-state index contributed by atoms with van der Waals surface area (Å²) in [5, 5.41) is 9.70. The molecule has 2 aromatic heterocycles. The second-order valence-corrected chi connectivity index (χ2v) is 9.03. The van der Waals surface area contributed by atoms with E-state index in [0.29, 0.717) is 17.4 Å². The van der Waals surface area contributed by atoms with Crippen LogP contribution < -0.4 is 5.32 Å². The highest BCUT2D eigenvalue weighted by molar-refractivity contribution is 7.90. The average Bonchev–Trinajstić information content (AvgIpc) is 3.37. The van der Waals surface area contributed by atoms with Crippen molar-refractivity contribution >= 4 is 38.9 Å². The molecule has 0 aliphatic rings. The first-order valence-electron chi connectivity index (χ1n) is 8.34. The third-order valence-corrected chi connectivity index (χ3v) is 6.65. The Hall–Kier alpha value is -2.68. The van der Waals surface area contributed by atoms with E-state index in [-0.39, 0.29) is 10.8 Å². The van der Waals surface area contributed by atoms with Crippen molar-refractivity contribution in [1.29, 1.82) is 0 Å². The molecule has 2 aromatic carbocycles. The lowest BCUT2D eigenvalue weighted by molar-refractivity contribution is 0.581. The predicted molar refractivity (Wildman–Crippen MR) is 111 cm³/mol. The van der Waals surface area contributed by atoms with Crippen molar-refractivity contribution in [3.05, 3.63) is 82.7 Å². The number of hydrogen-bond acceptors (Lipinski definition) is 6. The van der Waals surface area contributed by atoms with Gasteiger partial charge in [0.05, 0.1) is 9.77 Å². The number of benzene rings is 2. The van der Waals surface area contributed by atoms with Crippen LogP contribution in [0.2, 0.25) is 5.02 Å². The summed E-state index contributed by atoms with van der Waals surface area (Å²) in [7, 11) is -3.93. The molecule has 0 amide bonds. The maximum Gasteiger partial charge on any atom is 0.286 e. The second kappa shape index (κ2) is 7.75. The van der Waals surface area contributed by atoms with E-state index in [1.54, 1.807) is 0 Å². The van der Waals surface area contributed by atoms with Crippen LogP contribution in [0.3, 0.4) is 0 Å². The van der Waals surface area contributed by atoms with E-state index < -0.39 is 10.0 Å². The predicted octanol–water partition coefficient (Wildman–Crippen LogP) is 4.51. The second-order valence-electron chi connectivity index (χ2n) is 5.88. The van der Waals surface area contributed by atoms with Gasteiger partial charge in [0, 0.05) is 11.6 Å². The van der Waals surface area contributed by atoms with E-state index in [9.17, 15) is 8.42 Å². The van der Waals surface area contributed by atoms with Crippen molar-refractivity contribution in [2.45, 2.75) is 11.4 Å². The molecule has 0 saturated heterocycles. The van der Waals surface area contributed by atoms with Crippen molar-refractivity contribution in [3.63, 3.8) is 0 Å². The van der Waals surface area contributed by atoms with Crippen LogP contribution >= 0.6 is 22.9 Å². The van der Waals surface area contributed by atoms with Crippen LogP contribution in [0.15, 0.2) is 77.0 Å². The topological polar surface area (TPSA) is 76.9 Å². The zero-order valence-corrected chi connectivity index (χ0v) is 16.9. The molecule has 2 heterocycles. The molecule has 142 valence electrons. The number of nitrogens with zero attached hydrogens (tertiary/aromatic N) is 3. The molecule has 0 unspecified atom stereocenters. The minimum atomic E-state index is -3.93. The SMILES string of the molecule is O=S(=O)(c1ccc(Cl)cc1)n1nc(-c2cccs2)nc1NCc1ccccc1. The molecule has 9 heteroatoms. The number of thiophene rings is 1. The quantitative estimate of drug-likeness (QED) is 0.487. The molecule has 0 bridgehead atoms. The first kappa shape index (κ1) is 18.7. The Morgan fingerprint density at radius 2 is 1.75 bits per heavy atom. The monoisotopic (exact) mass is 430 g/mol. The standard InChI is InChI=1S/C19H15ClN4O2S2/c20-15-8-10-16(11-9-15)28(25,26)24-19(21-13-14-5-2-1-3-6-14)22-18(23-24)17-7-4-12-27-17/h1-12H,13H2,(H,21,22,23). The summed E-state index contributed by atoms with van der Waals surface area (Å²) in [6.07, 6.45) is 0. The summed E-state index contributed by atoms with van der Waals surface area (Å²) in [6, 6.07) is 19.3. The van der Waals surface area contributed by atoms with Crippen LogP contribution in [-0.2, 0) is 16.6 Å². The highest BCUT2D eigenvalue weighted by atomic mass is 35.5. The summed E-state index contributed by atoms with van der Waals surface area (Å²) >= 11 is 7.33. The number of anilines is 1. The minimum absolute atomic E-state index is 0.0855. The molecule has 0 aliphatic heterocycles. The van der Waals surface area contributed by atoms with Gasteiger partial charge in [-0.1, -0.05) is 48.0 Å². The fraction of sp³-hybridized carbons (Fsp3) is 0.0526. The van der Waals surface area contributed by atoms with Gasteiger partial charge in [-0.3, -0.25) is 0 Å². The van der Waals surface area contributed by atoms with Gasteiger partial charge in [0.1, 0.15) is 0 Å². The van der Waals surface area contributed by atoms with Gasteiger partial charge in [-0.15, -0.1) is 20.5 Å². The van der Waals surface area contributed by atoms with Gasteiger partial charge in [-0.25, -0.2) is 0 Å². The van der Waals surface area contributed by atoms with Crippen LogP contribution in [0.5, 0.6) is 0 Å². The van der Waals surface area contributed by atoms with E-state index in [1.807, 2.05) is 47.8 Å². The lowest BCUT2D eigenvalue weighted by atomic mass is 10.2. The molecule has 4 aromatic rings. The van der Waals surface area contributed by atoms with Crippen LogP contribution in [0.4, 0.5) is 5.95 Å². The molecule has 4 rings (SSSR count). The Labute approximate surface area is 171 Å². The van der Waals surface area contributed by atoms with Crippen molar-refractivity contribution in [1.82, 2.24) is 14.2 Å². The molecule has 28 heavy (non-hydrogen) atoms. The fourth-order valence-corrected chi connectivity index (χ4v) is 4.54. The maximum absolute atomic E-state index is 13.1. The Morgan fingerprint density at radius 1 is 1.00 bits per heavy atom. The maximum atomic E-state index is 13.1. The van der Waals surface area contributed by atoms with Gasteiger partial charge in [-0.05, 0) is 41.3 Å². The number of rotatable bonds is 6. The summed E-state index contributed by atoms with van der Waals surface area (Å²) in [5.41, 5.74) is 0.999. The van der Waals surface area contributed by atoms with Crippen LogP contribution in [0, 0.1) is 0 Å². The Morgan fingerprint density at radius 3 is 2.43 bits per heavy atom. The summed E-state index contributed by atoms with van der Waals surface area (Å²) < 4.78 is 27.2. The van der Waals surface area contributed by atoms with Gasteiger partial charge < -0.3 is 5.32 Å². The molecule has 6 nitrogen and oxygen atoms in total. The highest BCUT2D eigenvalue weighted by Gasteiger charge is 2.24. The Balaban J connectivity index is 1.74. The first-order chi connectivity index (χ1) is 13.5.